The third-order valence-electron chi connectivity index (χ3n) is 3.69. The minimum atomic E-state index is 0.218. The number of hydrogen-bond acceptors (Lipinski definition) is 2. The molecule has 1 aliphatic rings. The van der Waals surface area contributed by atoms with Gasteiger partial charge in [0.25, 0.3) is 0 Å². The van der Waals surface area contributed by atoms with E-state index >= 15 is 0 Å². The second kappa shape index (κ2) is 6.55. The first kappa shape index (κ1) is 13.1. The summed E-state index contributed by atoms with van der Waals surface area (Å²) < 4.78 is 0. The van der Waals surface area contributed by atoms with Gasteiger partial charge in [-0.15, -0.1) is 0 Å². The Kier molecular flexibility index (Phi) is 4.76. The molecule has 0 bridgehead atoms. The van der Waals surface area contributed by atoms with Crippen molar-refractivity contribution < 1.29 is 4.79 Å². The number of nitrogens with zero attached hydrogens (tertiary/aromatic N) is 1. The van der Waals surface area contributed by atoms with E-state index in [1.807, 2.05) is 4.90 Å². The van der Waals surface area contributed by atoms with Gasteiger partial charge >= 0.3 is 0 Å². The topological polar surface area (TPSA) is 46.3 Å². The maximum atomic E-state index is 11.7. The van der Waals surface area contributed by atoms with Gasteiger partial charge in [-0.3, -0.25) is 4.79 Å². The van der Waals surface area contributed by atoms with E-state index in [1.165, 1.54) is 5.56 Å². The lowest BCUT2D eigenvalue weighted by molar-refractivity contribution is -0.132. The summed E-state index contributed by atoms with van der Waals surface area (Å²) in [6.45, 7) is 2.26. The molecule has 1 aliphatic heterocycles. The zero-order valence-corrected chi connectivity index (χ0v) is 10.8. The van der Waals surface area contributed by atoms with Crippen molar-refractivity contribution in [2.45, 2.75) is 25.7 Å². The van der Waals surface area contributed by atoms with Gasteiger partial charge in [0.15, 0.2) is 0 Å². The summed E-state index contributed by atoms with van der Waals surface area (Å²) in [7, 11) is 0. The molecular formula is C15H22N2O. The number of hydrogen-bond donors (Lipinski definition) is 1. The van der Waals surface area contributed by atoms with E-state index in [4.69, 9.17) is 5.73 Å². The second-order valence-electron chi connectivity index (χ2n) is 5.05. The fourth-order valence-electron chi connectivity index (χ4n) is 2.62. The van der Waals surface area contributed by atoms with Crippen molar-refractivity contribution in [1.82, 2.24) is 4.90 Å². The predicted octanol–water partition coefficient (Wildman–Crippen LogP) is 1.82. The quantitative estimate of drug-likeness (QED) is 0.881. The lowest BCUT2D eigenvalue weighted by Gasteiger charge is -2.32. The van der Waals surface area contributed by atoms with E-state index < -0.39 is 0 Å². The normalized spacial score (nSPS) is 16.8. The molecule has 3 heteroatoms. The van der Waals surface area contributed by atoms with E-state index in [0.29, 0.717) is 18.9 Å². The molecule has 2 N–H and O–H groups in total. The molecule has 0 aromatic heterocycles. The standard InChI is InChI=1S/C15H22N2O/c16-9-6-15(18)17-10-7-14(8-11-17)12-13-4-2-1-3-5-13/h1-5,14H,6-12,16H2. The molecule has 0 saturated carbocycles. The van der Waals surface area contributed by atoms with E-state index in [2.05, 4.69) is 30.3 Å². The lowest BCUT2D eigenvalue weighted by Crippen LogP contribution is -2.39. The molecule has 18 heavy (non-hydrogen) atoms. The minimum absolute atomic E-state index is 0.218. The Bertz CT molecular complexity index is 369. The van der Waals surface area contributed by atoms with Crippen LogP contribution in [0.25, 0.3) is 0 Å². The predicted molar refractivity (Wildman–Crippen MR) is 73.1 cm³/mol. The van der Waals surface area contributed by atoms with Crippen LogP contribution < -0.4 is 5.73 Å². The van der Waals surface area contributed by atoms with Gasteiger partial charge in [-0.25, -0.2) is 0 Å². The number of likely N-dealkylation sites (tertiary alicyclic amines) is 1. The number of benzene rings is 1. The number of carbonyl (C=O) groups excluding carboxylic acids is 1. The van der Waals surface area contributed by atoms with Crippen LogP contribution in [0.3, 0.4) is 0 Å². The van der Waals surface area contributed by atoms with Crippen molar-refractivity contribution in [1.29, 1.82) is 0 Å². The van der Waals surface area contributed by atoms with E-state index in [9.17, 15) is 4.79 Å². The molecule has 2 rings (SSSR count). The maximum absolute atomic E-state index is 11.7. The molecule has 0 unspecified atom stereocenters. The number of rotatable bonds is 4. The Morgan fingerprint density at radius 2 is 1.89 bits per heavy atom. The molecule has 0 atom stereocenters. The van der Waals surface area contributed by atoms with Crippen LogP contribution in [0.4, 0.5) is 0 Å². The van der Waals surface area contributed by atoms with Crippen LogP contribution in [0.2, 0.25) is 0 Å². The molecule has 98 valence electrons. The monoisotopic (exact) mass is 246 g/mol. The highest BCUT2D eigenvalue weighted by atomic mass is 16.2. The maximum Gasteiger partial charge on any atom is 0.223 e. The van der Waals surface area contributed by atoms with Gasteiger partial charge in [-0.1, -0.05) is 30.3 Å². The Morgan fingerprint density at radius 1 is 1.22 bits per heavy atom. The third-order valence-corrected chi connectivity index (χ3v) is 3.69. The van der Waals surface area contributed by atoms with Gasteiger partial charge in [-0.2, -0.15) is 0 Å². The molecule has 1 heterocycles. The van der Waals surface area contributed by atoms with Crippen LogP contribution in [-0.4, -0.2) is 30.4 Å². The van der Waals surface area contributed by atoms with Gasteiger partial charge in [0.05, 0.1) is 0 Å². The van der Waals surface area contributed by atoms with Crippen LogP contribution in [0.1, 0.15) is 24.8 Å². The molecule has 0 radical (unpaired) electrons. The van der Waals surface area contributed by atoms with Crippen LogP contribution in [0.15, 0.2) is 30.3 Å². The molecule has 1 amide bonds. The van der Waals surface area contributed by atoms with Crippen LogP contribution >= 0.6 is 0 Å². The molecular weight excluding hydrogens is 224 g/mol. The van der Waals surface area contributed by atoms with E-state index in [0.717, 1.165) is 32.4 Å². The van der Waals surface area contributed by atoms with Gasteiger partial charge in [0.1, 0.15) is 0 Å². The van der Waals surface area contributed by atoms with Crippen LogP contribution in [0.5, 0.6) is 0 Å². The summed E-state index contributed by atoms with van der Waals surface area (Å²) in [5.74, 6) is 0.935. The summed E-state index contributed by atoms with van der Waals surface area (Å²) >= 11 is 0. The Labute approximate surface area is 109 Å². The molecule has 3 nitrogen and oxygen atoms in total. The van der Waals surface area contributed by atoms with Crippen molar-refractivity contribution in [2.24, 2.45) is 11.7 Å². The number of carbonyl (C=O) groups is 1. The fraction of sp³-hybridized carbons (Fsp3) is 0.533. The smallest absolute Gasteiger partial charge is 0.223 e. The van der Waals surface area contributed by atoms with Crippen LogP contribution in [-0.2, 0) is 11.2 Å². The zero-order valence-electron chi connectivity index (χ0n) is 10.8. The highest BCUT2D eigenvalue weighted by Crippen LogP contribution is 2.21. The fourth-order valence-corrected chi connectivity index (χ4v) is 2.62. The van der Waals surface area contributed by atoms with Crippen molar-refractivity contribution in [2.75, 3.05) is 19.6 Å². The van der Waals surface area contributed by atoms with E-state index in [1.54, 1.807) is 0 Å². The highest BCUT2D eigenvalue weighted by molar-refractivity contribution is 5.76. The average molecular weight is 246 g/mol. The number of piperidine rings is 1. The summed E-state index contributed by atoms with van der Waals surface area (Å²) in [5, 5.41) is 0. The number of amides is 1. The molecule has 1 aromatic carbocycles. The van der Waals surface area contributed by atoms with Gasteiger partial charge < -0.3 is 10.6 Å². The zero-order chi connectivity index (χ0) is 12.8. The Morgan fingerprint density at radius 3 is 2.50 bits per heavy atom. The Hall–Kier alpha value is -1.35. The molecule has 1 saturated heterocycles. The van der Waals surface area contributed by atoms with E-state index in [-0.39, 0.29) is 5.91 Å². The van der Waals surface area contributed by atoms with Crippen molar-refractivity contribution in [3.05, 3.63) is 35.9 Å². The van der Waals surface area contributed by atoms with Crippen molar-refractivity contribution in [3.8, 4) is 0 Å². The summed E-state index contributed by atoms with van der Waals surface area (Å²) in [4.78, 5) is 13.7. The third kappa shape index (κ3) is 3.57. The average Bonchev–Trinajstić information content (AvgIpc) is 2.41. The first-order valence-electron chi connectivity index (χ1n) is 6.81. The second-order valence-corrected chi connectivity index (χ2v) is 5.05. The molecule has 1 fully saturated rings. The first-order valence-corrected chi connectivity index (χ1v) is 6.81. The van der Waals surface area contributed by atoms with Gasteiger partial charge in [0.2, 0.25) is 5.91 Å². The molecule has 1 aromatic rings. The van der Waals surface area contributed by atoms with Gasteiger partial charge in [-0.05, 0) is 30.7 Å². The largest absolute Gasteiger partial charge is 0.343 e. The highest BCUT2D eigenvalue weighted by Gasteiger charge is 2.22. The SMILES string of the molecule is NCCC(=O)N1CCC(Cc2ccccc2)CC1. The first-order chi connectivity index (χ1) is 8.79. The van der Waals surface area contributed by atoms with Gasteiger partial charge in [0, 0.05) is 26.1 Å². The van der Waals surface area contributed by atoms with Crippen molar-refractivity contribution in [3.63, 3.8) is 0 Å². The lowest BCUT2D eigenvalue weighted by atomic mass is 9.90. The summed E-state index contributed by atoms with van der Waals surface area (Å²) in [6, 6.07) is 10.6. The molecule has 0 aliphatic carbocycles. The minimum Gasteiger partial charge on any atom is -0.343 e. The van der Waals surface area contributed by atoms with Crippen LogP contribution in [0, 0.1) is 5.92 Å². The summed E-state index contributed by atoms with van der Waals surface area (Å²) in [5.41, 5.74) is 6.82. The number of nitrogens with two attached hydrogens (primary N) is 1. The Balaban J connectivity index is 1.78. The molecule has 0 spiro atoms. The summed E-state index contributed by atoms with van der Waals surface area (Å²) in [6.07, 6.45) is 3.86. The van der Waals surface area contributed by atoms with Crippen molar-refractivity contribution >= 4 is 5.91 Å².